The molecule has 25 heavy (non-hydrogen) atoms. The van der Waals surface area contributed by atoms with Gasteiger partial charge >= 0.3 is 0 Å². The fourth-order valence-corrected chi connectivity index (χ4v) is 3.53. The molecule has 3 nitrogen and oxygen atoms in total. The first-order chi connectivity index (χ1) is 12.1. The molecule has 3 aromatic rings. The molecule has 1 N–H and O–H groups in total. The third-order valence-electron chi connectivity index (χ3n) is 4.77. The van der Waals surface area contributed by atoms with E-state index in [1.54, 1.807) is 0 Å². The van der Waals surface area contributed by atoms with Gasteiger partial charge in [-0.1, -0.05) is 35.9 Å². The van der Waals surface area contributed by atoms with Gasteiger partial charge in [0.05, 0.1) is 0 Å². The molecule has 0 aliphatic carbocycles. The Morgan fingerprint density at radius 2 is 1.80 bits per heavy atom. The minimum atomic E-state index is 0.973. The molecule has 0 bridgehead atoms. The predicted octanol–water partition coefficient (Wildman–Crippen LogP) is 4.61. The van der Waals surface area contributed by atoms with Crippen LogP contribution < -0.4 is 4.90 Å². The first-order valence-corrected chi connectivity index (χ1v) is 9.12. The number of benzene rings is 2. The van der Waals surface area contributed by atoms with E-state index in [4.69, 9.17) is 0 Å². The second-order valence-electron chi connectivity index (χ2n) is 7.06. The fraction of sp³-hybridized carbons (Fsp3) is 0.364. The molecule has 0 spiro atoms. The first kappa shape index (κ1) is 17.6. The standard InChI is InChI=1S/C22H29N3/c1-5-25(22-11-10-17(2)14-19(22)16-24(3)4)13-12-18-15-23-21-9-7-6-8-20(18)21/h6-11,14-15,23H,5,12-13,16H2,1-4H3. The number of hydrogen-bond acceptors (Lipinski definition) is 2. The maximum Gasteiger partial charge on any atom is 0.0456 e. The zero-order valence-electron chi connectivity index (χ0n) is 15.8. The van der Waals surface area contributed by atoms with Gasteiger partial charge in [0.1, 0.15) is 0 Å². The molecular formula is C22H29N3. The van der Waals surface area contributed by atoms with Crippen molar-refractivity contribution >= 4 is 16.6 Å². The number of likely N-dealkylation sites (N-methyl/N-ethyl adjacent to an activating group) is 1. The van der Waals surface area contributed by atoms with Crippen LogP contribution in [0.15, 0.2) is 48.7 Å². The van der Waals surface area contributed by atoms with Crippen LogP contribution in [-0.2, 0) is 13.0 Å². The second-order valence-corrected chi connectivity index (χ2v) is 7.06. The van der Waals surface area contributed by atoms with Crippen LogP contribution in [0.4, 0.5) is 5.69 Å². The van der Waals surface area contributed by atoms with Crippen LogP contribution in [0, 0.1) is 6.92 Å². The number of anilines is 1. The molecule has 1 heterocycles. The van der Waals surface area contributed by atoms with Crippen molar-refractivity contribution in [1.29, 1.82) is 0 Å². The molecule has 0 saturated carbocycles. The number of hydrogen-bond donors (Lipinski definition) is 1. The van der Waals surface area contributed by atoms with Crippen molar-refractivity contribution in [2.24, 2.45) is 0 Å². The molecule has 1 aromatic heterocycles. The van der Waals surface area contributed by atoms with E-state index in [0.717, 1.165) is 26.1 Å². The molecule has 0 unspecified atom stereocenters. The Kier molecular flexibility index (Phi) is 5.44. The van der Waals surface area contributed by atoms with E-state index in [2.05, 4.69) is 91.4 Å². The predicted molar refractivity (Wildman–Crippen MR) is 108 cm³/mol. The molecule has 0 fully saturated rings. The average Bonchev–Trinajstić information content (AvgIpc) is 3.00. The molecule has 0 radical (unpaired) electrons. The smallest absolute Gasteiger partial charge is 0.0456 e. The summed E-state index contributed by atoms with van der Waals surface area (Å²) >= 11 is 0. The first-order valence-electron chi connectivity index (χ1n) is 9.12. The number of fused-ring (bicyclic) bond motifs is 1. The summed E-state index contributed by atoms with van der Waals surface area (Å²) in [5.74, 6) is 0. The minimum absolute atomic E-state index is 0.973. The quantitative estimate of drug-likeness (QED) is 0.681. The normalized spacial score (nSPS) is 11.4. The Hall–Kier alpha value is -2.26. The van der Waals surface area contributed by atoms with Crippen LogP contribution in [-0.4, -0.2) is 37.1 Å². The van der Waals surface area contributed by atoms with E-state index in [-0.39, 0.29) is 0 Å². The Morgan fingerprint density at radius 3 is 2.56 bits per heavy atom. The van der Waals surface area contributed by atoms with Gasteiger partial charge < -0.3 is 14.8 Å². The Bertz CT molecular complexity index is 832. The van der Waals surface area contributed by atoms with Gasteiger partial charge in [-0.05, 0) is 57.6 Å². The molecule has 0 aliphatic heterocycles. The maximum atomic E-state index is 3.39. The van der Waals surface area contributed by atoms with Crippen LogP contribution in [0.1, 0.15) is 23.6 Å². The molecule has 0 amide bonds. The summed E-state index contributed by atoms with van der Waals surface area (Å²) in [4.78, 5) is 8.13. The number of aryl methyl sites for hydroxylation is 1. The van der Waals surface area contributed by atoms with Crippen molar-refractivity contribution in [1.82, 2.24) is 9.88 Å². The molecule has 3 rings (SSSR count). The molecular weight excluding hydrogens is 306 g/mol. The van der Waals surface area contributed by atoms with Gasteiger partial charge in [-0.15, -0.1) is 0 Å². The highest BCUT2D eigenvalue weighted by Crippen LogP contribution is 2.25. The largest absolute Gasteiger partial charge is 0.371 e. The lowest BCUT2D eigenvalue weighted by atomic mass is 10.1. The van der Waals surface area contributed by atoms with Gasteiger partial charge in [-0.3, -0.25) is 0 Å². The van der Waals surface area contributed by atoms with Crippen molar-refractivity contribution in [3.05, 3.63) is 65.4 Å². The molecule has 2 aromatic carbocycles. The Morgan fingerprint density at radius 1 is 1.00 bits per heavy atom. The molecule has 132 valence electrons. The zero-order chi connectivity index (χ0) is 17.8. The van der Waals surface area contributed by atoms with E-state index < -0.39 is 0 Å². The van der Waals surface area contributed by atoms with Crippen molar-refractivity contribution in [2.45, 2.75) is 26.8 Å². The highest BCUT2D eigenvalue weighted by molar-refractivity contribution is 5.83. The summed E-state index contributed by atoms with van der Waals surface area (Å²) in [6.45, 7) is 7.44. The van der Waals surface area contributed by atoms with E-state index >= 15 is 0 Å². The van der Waals surface area contributed by atoms with Crippen LogP contribution >= 0.6 is 0 Å². The van der Waals surface area contributed by atoms with Crippen molar-refractivity contribution in [3.63, 3.8) is 0 Å². The van der Waals surface area contributed by atoms with E-state index in [1.807, 2.05) is 0 Å². The lowest BCUT2D eigenvalue weighted by molar-refractivity contribution is 0.402. The number of aromatic nitrogens is 1. The summed E-state index contributed by atoms with van der Waals surface area (Å²) in [6, 6.07) is 15.4. The SMILES string of the molecule is CCN(CCc1c[nH]c2ccccc12)c1ccc(C)cc1CN(C)C. The van der Waals surface area contributed by atoms with Gasteiger partial charge in [0, 0.05) is 42.4 Å². The lowest BCUT2D eigenvalue weighted by Gasteiger charge is -2.27. The van der Waals surface area contributed by atoms with Crippen LogP contribution in [0.3, 0.4) is 0 Å². The highest BCUT2D eigenvalue weighted by Gasteiger charge is 2.12. The summed E-state index contributed by atoms with van der Waals surface area (Å²) in [6.07, 6.45) is 3.21. The number of H-pyrrole nitrogens is 1. The maximum absolute atomic E-state index is 3.39. The van der Waals surface area contributed by atoms with E-state index in [1.165, 1.54) is 33.3 Å². The third-order valence-corrected chi connectivity index (χ3v) is 4.77. The number of nitrogens with one attached hydrogen (secondary N) is 1. The van der Waals surface area contributed by atoms with Crippen LogP contribution in [0.2, 0.25) is 0 Å². The third kappa shape index (κ3) is 4.05. The van der Waals surface area contributed by atoms with Gasteiger partial charge in [-0.2, -0.15) is 0 Å². The van der Waals surface area contributed by atoms with Crippen molar-refractivity contribution in [3.8, 4) is 0 Å². The summed E-state index contributed by atoms with van der Waals surface area (Å²) < 4.78 is 0. The van der Waals surface area contributed by atoms with Gasteiger partial charge in [0.15, 0.2) is 0 Å². The summed E-state index contributed by atoms with van der Waals surface area (Å²) in [5.41, 5.74) is 6.72. The molecule has 0 atom stereocenters. The number of aromatic amines is 1. The number of nitrogens with zero attached hydrogens (tertiary/aromatic N) is 2. The number of para-hydroxylation sites is 1. The Labute approximate surface area is 151 Å². The lowest BCUT2D eigenvalue weighted by Crippen LogP contribution is -2.27. The fourth-order valence-electron chi connectivity index (χ4n) is 3.53. The molecule has 0 aliphatic rings. The van der Waals surface area contributed by atoms with E-state index in [0.29, 0.717) is 0 Å². The highest BCUT2D eigenvalue weighted by atomic mass is 15.1. The van der Waals surface area contributed by atoms with Crippen molar-refractivity contribution < 1.29 is 0 Å². The van der Waals surface area contributed by atoms with Crippen molar-refractivity contribution in [2.75, 3.05) is 32.1 Å². The van der Waals surface area contributed by atoms with Gasteiger partial charge in [-0.25, -0.2) is 0 Å². The van der Waals surface area contributed by atoms with Crippen LogP contribution in [0.25, 0.3) is 10.9 Å². The summed E-state index contributed by atoms with van der Waals surface area (Å²) in [5, 5.41) is 1.34. The second kappa shape index (κ2) is 7.75. The van der Waals surface area contributed by atoms with Gasteiger partial charge in [0.2, 0.25) is 0 Å². The zero-order valence-corrected chi connectivity index (χ0v) is 15.8. The molecule has 0 saturated heterocycles. The van der Waals surface area contributed by atoms with Crippen LogP contribution in [0.5, 0.6) is 0 Å². The van der Waals surface area contributed by atoms with E-state index in [9.17, 15) is 0 Å². The Balaban J connectivity index is 1.81. The monoisotopic (exact) mass is 335 g/mol. The topological polar surface area (TPSA) is 22.3 Å². The minimum Gasteiger partial charge on any atom is -0.371 e. The summed E-state index contributed by atoms with van der Waals surface area (Å²) in [7, 11) is 4.27. The molecule has 3 heteroatoms. The van der Waals surface area contributed by atoms with Gasteiger partial charge in [0.25, 0.3) is 0 Å². The average molecular weight is 335 g/mol. The number of rotatable bonds is 7.